The smallest absolute Gasteiger partial charge is 0.133 e. The van der Waals surface area contributed by atoms with Crippen molar-refractivity contribution < 1.29 is 0 Å². The third-order valence-electron chi connectivity index (χ3n) is 3.81. The summed E-state index contributed by atoms with van der Waals surface area (Å²) in [7, 11) is 4.33. The highest BCUT2D eigenvalue weighted by Gasteiger charge is 2.22. The molecule has 0 spiro atoms. The van der Waals surface area contributed by atoms with E-state index in [0.29, 0.717) is 12.6 Å². The molecule has 0 aliphatic carbocycles. The van der Waals surface area contributed by atoms with Crippen LogP contribution in [-0.4, -0.2) is 43.1 Å². The number of hydrogen-bond donors (Lipinski definition) is 1. The molecule has 1 aromatic heterocycles. The van der Waals surface area contributed by atoms with E-state index in [1.54, 1.807) is 0 Å². The van der Waals surface area contributed by atoms with E-state index in [-0.39, 0.29) is 0 Å². The van der Waals surface area contributed by atoms with Gasteiger partial charge >= 0.3 is 0 Å². The predicted octanol–water partition coefficient (Wildman–Crippen LogP) is 1.38. The van der Waals surface area contributed by atoms with Crippen LogP contribution in [0.3, 0.4) is 0 Å². The normalized spacial score (nSPS) is 17.5. The molecule has 2 rings (SSSR count). The Kier molecular flexibility index (Phi) is 4.19. The zero-order valence-corrected chi connectivity index (χ0v) is 11.7. The fraction of sp³-hybridized carbons (Fsp3) is 0.643. The summed E-state index contributed by atoms with van der Waals surface area (Å²) in [4.78, 5) is 9.38. The molecule has 4 nitrogen and oxygen atoms in total. The van der Waals surface area contributed by atoms with E-state index in [1.165, 1.54) is 12.8 Å². The number of nitrogens with zero attached hydrogens (tertiary/aromatic N) is 3. The van der Waals surface area contributed by atoms with Crippen molar-refractivity contribution in [2.24, 2.45) is 5.73 Å². The van der Waals surface area contributed by atoms with Gasteiger partial charge in [-0.15, -0.1) is 0 Å². The van der Waals surface area contributed by atoms with Crippen molar-refractivity contribution in [1.29, 1.82) is 0 Å². The second kappa shape index (κ2) is 5.67. The van der Waals surface area contributed by atoms with Gasteiger partial charge in [0.2, 0.25) is 0 Å². The van der Waals surface area contributed by atoms with Gasteiger partial charge in [0.25, 0.3) is 0 Å². The molecule has 0 amide bonds. The van der Waals surface area contributed by atoms with Gasteiger partial charge in [0.05, 0.1) is 0 Å². The Hall–Kier alpha value is -1.13. The molecule has 2 heterocycles. The molecule has 0 aromatic carbocycles. The van der Waals surface area contributed by atoms with Gasteiger partial charge in [-0.25, -0.2) is 4.98 Å². The maximum Gasteiger partial charge on any atom is 0.133 e. The van der Waals surface area contributed by atoms with E-state index in [2.05, 4.69) is 34.9 Å². The standard InChI is InChI=1S/C14H24N4/c1-11-4-5-12(10-15)14(16-11)18-8-6-13(7-9-18)17(2)3/h4-5,13H,6-10,15H2,1-3H3. The molecule has 0 atom stereocenters. The highest BCUT2D eigenvalue weighted by atomic mass is 15.2. The number of pyridine rings is 1. The number of aromatic nitrogens is 1. The van der Waals surface area contributed by atoms with Gasteiger partial charge < -0.3 is 15.5 Å². The minimum Gasteiger partial charge on any atom is -0.356 e. The van der Waals surface area contributed by atoms with Crippen molar-refractivity contribution in [1.82, 2.24) is 9.88 Å². The van der Waals surface area contributed by atoms with Crippen molar-refractivity contribution in [2.45, 2.75) is 32.4 Å². The summed E-state index contributed by atoms with van der Waals surface area (Å²) in [5.41, 5.74) is 8.03. The van der Waals surface area contributed by atoms with Gasteiger partial charge in [-0.2, -0.15) is 0 Å². The second-order valence-electron chi connectivity index (χ2n) is 5.32. The quantitative estimate of drug-likeness (QED) is 0.878. The minimum atomic E-state index is 0.566. The number of rotatable bonds is 3. The van der Waals surface area contributed by atoms with Crippen LogP contribution in [0.25, 0.3) is 0 Å². The van der Waals surface area contributed by atoms with E-state index >= 15 is 0 Å². The zero-order valence-electron chi connectivity index (χ0n) is 11.7. The SMILES string of the molecule is Cc1ccc(CN)c(N2CCC(N(C)C)CC2)n1. The summed E-state index contributed by atoms with van der Waals surface area (Å²) in [5, 5.41) is 0. The number of piperidine rings is 1. The van der Waals surface area contributed by atoms with Gasteiger partial charge in [-0.1, -0.05) is 6.07 Å². The Balaban J connectivity index is 2.11. The molecule has 2 N–H and O–H groups in total. The van der Waals surface area contributed by atoms with Crippen molar-refractivity contribution in [2.75, 3.05) is 32.1 Å². The first kappa shape index (κ1) is 13.3. The minimum absolute atomic E-state index is 0.566. The van der Waals surface area contributed by atoms with Crippen LogP contribution >= 0.6 is 0 Å². The zero-order chi connectivity index (χ0) is 13.1. The van der Waals surface area contributed by atoms with Gasteiger partial charge in [-0.3, -0.25) is 0 Å². The maximum absolute atomic E-state index is 5.81. The summed E-state index contributed by atoms with van der Waals surface area (Å²) in [6, 6.07) is 4.85. The second-order valence-corrected chi connectivity index (χ2v) is 5.32. The van der Waals surface area contributed by atoms with Crippen LogP contribution in [-0.2, 0) is 6.54 Å². The lowest BCUT2D eigenvalue weighted by Gasteiger charge is -2.36. The Morgan fingerprint density at radius 2 is 2.00 bits per heavy atom. The van der Waals surface area contributed by atoms with E-state index < -0.39 is 0 Å². The highest BCUT2D eigenvalue weighted by Crippen LogP contribution is 2.23. The Morgan fingerprint density at radius 3 is 2.56 bits per heavy atom. The first-order valence-electron chi connectivity index (χ1n) is 6.69. The summed E-state index contributed by atoms with van der Waals surface area (Å²) in [6.45, 7) is 4.76. The first-order valence-corrected chi connectivity index (χ1v) is 6.69. The van der Waals surface area contributed by atoms with Crippen molar-refractivity contribution in [3.05, 3.63) is 23.4 Å². The Morgan fingerprint density at radius 1 is 1.33 bits per heavy atom. The summed E-state index contributed by atoms with van der Waals surface area (Å²) in [6.07, 6.45) is 2.40. The Bertz CT molecular complexity index is 395. The lowest BCUT2D eigenvalue weighted by atomic mass is 10.0. The molecule has 4 heteroatoms. The topological polar surface area (TPSA) is 45.4 Å². The summed E-state index contributed by atoms with van der Waals surface area (Å²) in [5.74, 6) is 1.09. The monoisotopic (exact) mass is 248 g/mol. The van der Waals surface area contributed by atoms with Crippen LogP contribution in [0.4, 0.5) is 5.82 Å². The molecule has 0 saturated carbocycles. The van der Waals surface area contributed by atoms with Gasteiger partial charge in [0.1, 0.15) is 5.82 Å². The average molecular weight is 248 g/mol. The van der Waals surface area contributed by atoms with Crippen molar-refractivity contribution in [3.8, 4) is 0 Å². The lowest BCUT2D eigenvalue weighted by Crippen LogP contribution is -2.42. The molecular formula is C14H24N4. The van der Waals surface area contributed by atoms with Crippen LogP contribution in [0.2, 0.25) is 0 Å². The molecular weight excluding hydrogens is 224 g/mol. The third-order valence-corrected chi connectivity index (χ3v) is 3.81. The van der Waals surface area contributed by atoms with E-state index in [4.69, 9.17) is 5.73 Å². The molecule has 0 unspecified atom stereocenters. The lowest BCUT2D eigenvalue weighted by molar-refractivity contribution is 0.249. The number of anilines is 1. The number of hydrogen-bond acceptors (Lipinski definition) is 4. The largest absolute Gasteiger partial charge is 0.356 e. The molecule has 0 bridgehead atoms. The van der Waals surface area contributed by atoms with Gasteiger partial charge in [-0.05, 0) is 39.9 Å². The maximum atomic E-state index is 5.81. The molecule has 18 heavy (non-hydrogen) atoms. The van der Waals surface area contributed by atoms with Crippen LogP contribution in [0, 0.1) is 6.92 Å². The number of aryl methyl sites for hydroxylation is 1. The van der Waals surface area contributed by atoms with Gasteiger partial charge in [0.15, 0.2) is 0 Å². The van der Waals surface area contributed by atoms with E-state index in [9.17, 15) is 0 Å². The first-order chi connectivity index (χ1) is 8.61. The summed E-state index contributed by atoms with van der Waals surface area (Å²) < 4.78 is 0. The molecule has 1 aliphatic rings. The highest BCUT2D eigenvalue weighted by molar-refractivity contribution is 5.48. The molecule has 1 fully saturated rings. The predicted molar refractivity (Wildman–Crippen MR) is 75.8 cm³/mol. The molecule has 1 aromatic rings. The fourth-order valence-electron chi connectivity index (χ4n) is 2.60. The van der Waals surface area contributed by atoms with Crippen LogP contribution < -0.4 is 10.6 Å². The fourth-order valence-corrected chi connectivity index (χ4v) is 2.60. The summed E-state index contributed by atoms with van der Waals surface area (Å²) >= 11 is 0. The average Bonchev–Trinajstić information content (AvgIpc) is 2.39. The van der Waals surface area contributed by atoms with Gasteiger partial charge in [0, 0.05) is 36.9 Å². The molecule has 100 valence electrons. The molecule has 0 radical (unpaired) electrons. The van der Waals surface area contributed by atoms with Crippen molar-refractivity contribution in [3.63, 3.8) is 0 Å². The van der Waals surface area contributed by atoms with Crippen molar-refractivity contribution >= 4 is 5.82 Å². The van der Waals surface area contributed by atoms with Crippen LogP contribution in [0.15, 0.2) is 12.1 Å². The molecule has 1 saturated heterocycles. The third kappa shape index (κ3) is 2.82. The van der Waals surface area contributed by atoms with Crippen LogP contribution in [0.1, 0.15) is 24.1 Å². The van der Waals surface area contributed by atoms with E-state index in [0.717, 1.165) is 30.2 Å². The number of nitrogens with two attached hydrogens (primary N) is 1. The molecule has 1 aliphatic heterocycles. The Labute approximate surface area is 110 Å². The van der Waals surface area contributed by atoms with E-state index in [1.807, 2.05) is 13.0 Å². The van der Waals surface area contributed by atoms with Crippen LogP contribution in [0.5, 0.6) is 0 Å².